The lowest BCUT2D eigenvalue weighted by molar-refractivity contribution is -0.132. The van der Waals surface area contributed by atoms with Crippen molar-refractivity contribution in [2.24, 2.45) is 0 Å². The summed E-state index contributed by atoms with van der Waals surface area (Å²) in [6.45, 7) is 1.55. The summed E-state index contributed by atoms with van der Waals surface area (Å²) in [6.07, 6.45) is 1.54. The summed E-state index contributed by atoms with van der Waals surface area (Å²) >= 11 is 0. The Morgan fingerprint density at radius 3 is 2.59 bits per heavy atom. The molecule has 1 aliphatic rings. The molecule has 1 aliphatic heterocycles. The average Bonchev–Trinajstić information content (AvgIpc) is 3.34. The lowest BCUT2D eigenvalue weighted by Gasteiger charge is -2.22. The lowest BCUT2D eigenvalue weighted by atomic mass is 9.97. The van der Waals surface area contributed by atoms with Crippen LogP contribution in [0.15, 0.2) is 72.4 Å². The van der Waals surface area contributed by atoms with Gasteiger partial charge in [-0.3, -0.25) is 19.5 Å². The van der Waals surface area contributed by atoms with Crippen LogP contribution in [0.25, 0.3) is 16.8 Å². The maximum atomic E-state index is 13.8. The fourth-order valence-electron chi connectivity index (χ4n) is 3.87. The van der Waals surface area contributed by atoms with Crippen LogP contribution in [0.4, 0.5) is 10.3 Å². The number of pyridine rings is 1. The molecule has 32 heavy (non-hydrogen) atoms. The molecule has 2 N–H and O–H groups in total. The molecule has 0 saturated carbocycles. The lowest BCUT2D eigenvalue weighted by Crippen LogP contribution is -2.30. The number of Topliss-reactive ketones (excluding diaryl/α,β-unsaturated/α-hetero) is 1. The van der Waals surface area contributed by atoms with Crippen LogP contribution in [0, 0.1) is 12.7 Å². The number of nitrogens with zero attached hydrogens (tertiary/aromatic N) is 3. The standard InChI is InChI=1S/C24H17FN4O3/c1-13-12-14(9-10-15(13)25)21(30)19-20(18-8-4-5-11-26-18)29(23(32)22(19)31)24-27-16-6-2-3-7-17(16)28-24/h2-12,20,30H,1H3,(H,27,28)/b21-19+. The molecule has 1 fully saturated rings. The normalized spacial score (nSPS) is 17.9. The second kappa shape index (κ2) is 7.42. The number of halogens is 1. The van der Waals surface area contributed by atoms with Gasteiger partial charge in [-0.15, -0.1) is 0 Å². The van der Waals surface area contributed by atoms with E-state index in [1.807, 2.05) is 12.1 Å². The van der Waals surface area contributed by atoms with Gasteiger partial charge in [0.15, 0.2) is 0 Å². The number of aromatic amines is 1. The van der Waals surface area contributed by atoms with Gasteiger partial charge < -0.3 is 10.1 Å². The fraction of sp³-hybridized carbons (Fsp3) is 0.0833. The number of aliphatic hydroxyl groups is 1. The number of rotatable bonds is 3. The van der Waals surface area contributed by atoms with E-state index in [2.05, 4.69) is 15.0 Å². The molecule has 3 heterocycles. The number of amides is 1. The van der Waals surface area contributed by atoms with Crippen LogP contribution in [-0.2, 0) is 9.59 Å². The van der Waals surface area contributed by atoms with Crippen LogP contribution in [0.3, 0.4) is 0 Å². The van der Waals surface area contributed by atoms with E-state index in [-0.39, 0.29) is 17.1 Å². The topological polar surface area (TPSA) is 99.2 Å². The Balaban J connectivity index is 1.73. The maximum Gasteiger partial charge on any atom is 0.302 e. The van der Waals surface area contributed by atoms with Crippen molar-refractivity contribution in [2.45, 2.75) is 13.0 Å². The molecule has 158 valence electrons. The monoisotopic (exact) mass is 428 g/mol. The number of aromatic nitrogens is 3. The SMILES string of the molecule is Cc1cc(/C(O)=C2\C(=O)C(=O)N(c3nc4ccccc4[nH]3)C2c2ccccn2)ccc1F. The largest absolute Gasteiger partial charge is 0.507 e. The van der Waals surface area contributed by atoms with Gasteiger partial charge in [0, 0.05) is 11.8 Å². The molecule has 2 aromatic heterocycles. The quantitative estimate of drug-likeness (QED) is 0.292. The zero-order valence-corrected chi connectivity index (χ0v) is 16.9. The molecule has 7 nitrogen and oxygen atoms in total. The molecule has 5 rings (SSSR count). The number of fused-ring (bicyclic) bond motifs is 1. The number of anilines is 1. The number of hydrogen-bond acceptors (Lipinski definition) is 5. The van der Waals surface area contributed by atoms with Crippen LogP contribution in [0.2, 0.25) is 0 Å². The highest BCUT2D eigenvalue weighted by Gasteiger charge is 2.48. The minimum Gasteiger partial charge on any atom is -0.507 e. The minimum absolute atomic E-state index is 0.139. The minimum atomic E-state index is -1.01. The number of benzene rings is 2. The van der Waals surface area contributed by atoms with Gasteiger partial charge in [-0.25, -0.2) is 9.37 Å². The van der Waals surface area contributed by atoms with Crippen molar-refractivity contribution in [3.05, 3.63) is 95.1 Å². The highest BCUT2D eigenvalue weighted by atomic mass is 19.1. The predicted molar refractivity (Wildman–Crippen MR) is 116 cm³/mol. The zero-order chi connectivity index (χ0) is 22.4. The Kier molecular flexibility index (Phi) is 4.55. The first-order valence-electron chi connectivity index (χ1n) is 9.89. The van der Waals surface area contributed by atoms with Crippen molar-refractivity contribution in [1.82, 2.24) is 15.0 Å². The maximum absolute atomic E-state index is 13.8. The first-order chi connectivity index (χ1) is 15.5. The molecule has 2 aromatic carbocycles. The van der Waals surface area contributed by atoms with Crippen molar-refractivity contribution in [2.75, 3.05) is 4.90 Å². The number of H-pyrrole nitrogens is 1. The van der Waals surface area contributed by atoms with E-state index in [9.17, 15) is 19.1 Å². The number of nitrogens with one attached hydrogen (secondary N) is 1. The van der Waals surface area contributed by atoms with Gasteiger partial charge in [0.2, 0.25) is 5.95 Å². The number of aryl methyl sites for hydroxylation is 1. The third-order valence-electron chi connectivity index (χ3n) is 5.45. The van der Waals surface area contributed by atoms with E-state index in [1.165, 1.54) is 29.3 Å². The van der Waals surface area contributed by atoms with Gasteiger partial charge in [0.05, 0.1) is 22.3 Å². The fourth-order valence-corrected chi connectivity index (χ4v) is 3.87. The van der Waals surface area contributed by atoms with Crippen LogP contribution in [-0.4, -0.2) is 31.7 Å². The molecule has 1 atom stereocenters. The second-order valence-corrected chi connectivity index (χ2v) is 7.47. The molecule has 1 amide bonds. The number of ketones is 1. The van der Waals surface area contributed by atoms with Gasteiger partial charge >= 0.3 is 5.91 Å². The van der Waals surface area contributed by atoms with E-state index < -0.39 is 29.3 Å². The molecular formula is C24H17FN4O3. The van der Waals surface area contributed by atoms with Gasteiger partial charge in [-0.05, 0) is 55.0 Å². The van der Waals surface area contributed by atoms with Crippen LogP contribution in [0.5, 0.6) is 0 Å². The Bertz CT molecular complexity index is 1380. The summed E-state index contributed by atoms with van der Waals surface area (Å²) < 4.78 is 13.8. The average molecular weight is 428 g/mol. The van der Waals surface area contributed by atoms with Crippen molar-refractivity contribution in [3.8, 4) is 0 Å². The van der Waals surface area contributed by atoms with E-state index in [0.717, 1.165) is 0 Å². The van der Waals surface area contributed by atoms with Crippen molar-refractivity contribution < 1.29 is 19.1 Å². The molecule has 0 spiro atoms. The van der Waals surface area contributed by atoms with Gasteiger partial charge in [-0.1, -0.05) is 18.2 Å². The molecule has 1 unspecified atom stereocenters. The molecule has 0 radical (unpaired) electrons. The highest BCUT2D eigenvalue weighted by molar-refractivity contribution is 6.51. The molecule has 4 aromatic rings. The van der Waals surface area contributed by atoms with E-state index >= 15 is 0 Å². The molecule has 0 aliphatic carbocycles. The van der Waals surface area contributed by atoms with E-state index in [0.29, 0.717) is 22.3 Å². The molecule has 0 bridgehead atoms. The summed E-state index contributed by atoms with van der Waals surface area (Å²) in [5.41, 5.74) is 2.09. The number of carbonyl (C=O) groups excluding carboxylic acids is 2. The predicted octanol–water partition coefficient (Wildman–Crippen LogP) is 4.03. The van der Waals surface area contributed by atoms with E-state index in [4.69, 9.17) is 0 Å². The third-order valence-corrected chi connectivity index (χ3v) is 5.45. The molecule has 1 saturated heterocycles. The number of carbonyl (C=O) groups is 2. The summed E-state index contributed by atoms with van der Waals surface area (Å²) in [4.78, 5) is 39.3. The molecule has 8 heteroatoms. The summed E-state index contributed by atoms with van der Waals surface area (Å²) in [5, 5.41) is 11.1. The highest BCUT2D eigenvalue weighted by Crippen LogP contribution is 2.41. The van der Waals surface area contributed by atoms with Crippen molar-refractivity contribution >= 4 is 34.4 Å². The molecular weight excluding hydrogens is 411 g/mol. The van der Waals surface area contributed by atoms with E-state index in [1.54, 1.807) is 37.3 Å². The summed E-state index contributed by atoms with van der Waals surface area (Å²) in [7, 11) is 0. The first kappa shape index (κ1) is 19.6. The number of aliphatic hydroxyl groups excluding tert-OH is 1. The van der Waals surface area contributed by atoms with Crippen LogP contribution >= 0.6 is 0 Å². The van der Waals surface area contributed by atoms with Gasteiger partial charge in [0.1, 0.15) is 17.6 Å². The van der Waals surface area contributed by atoms with Crippen LogP contribution < -0.4 is 4.90 Å². The number of imidazole rings is 1. The number of hydrogen-bond donors (Lipinski definition) is 2. The zero-order valence-electron chi connectivity index (χ0n) is 16.9. The smallest absolute Gasteiger partial charge is 0.302 e. The number of para-hydroxylation sites is 2. The van der Waals surface area contributed by atoms with Crippen LogP contribution in [0.1, 0.15) is 22.9 Å². The Morgan fingerprint density at radius 1 is 1.09 bits per heavy atom. The van der Waals surface area contributed by atoms with Crippen molar-refractivity contribution in [3.63, 3.8) is 0 Å². The van der Waals surface area contributed by atoms with Gasteiger partial charge in [-0.2, -0.15) is 0 Å². The van der Waals surface area contributed by atoms with Gasteiger partial charge in [0.25, 0.3) is 5.78 Å². The Labute approximate surface area is 181 Å². The first-order valence-corrected chi connectivity index (χ1v) is 9.89. The third kappa shape index (κ3) is 3.04. The second-order valence-electron chi connectivity index (χ2n) is 7.47. The van der Waals surface area contributed by atoms with Crippen molar-refractivity contribution in [1.29, 1.82) is 0 Å². The Morgan fingerprint density at radius 2 is 1.88 bits per heavy atom. The summed E-state index contributed by atoms with van der Waals surface area (Å²) in [6, 6.07) is 15.3. The summed E-state index contributed by atoms with van der Waals surface area (Å²) in [5.74, 6) is -2.40. The Hall–Kier alpha value is -4.33.